The number of hydrogen-bond acceptors (Lipinski definition) is 3. The molecule has 4 nitrogen and oxygen atoms in total. The molecule has 0 aliphatic heterocycles. The van der Waals surface area contributed by atoms with Crippen molar-refractivity contribution in [3.05, 3.63) is 54.6 Å². The van der Waals surface area contributed by atoms with E-state index in [0.29, 0.717) is 11.4 Å². The number of hydrogen-bond donors (Lipinski definition) is 1. The summed E-state index contributed by atoms with van der Waals surface area (Å²) in [5.74, 6) is 2.83. The van der Waals surface area contributed by atoms with Gasteiger partial charge in [0.2, 0.25) is 0 Å². The third-order valence-electron chi connectivity index (χ3n) is 2.72. The van der Waals surface area contributed by atoms with Gasteiger partial charge >= 0.3 is 0 Å². The van der Waals surface area contributed by atoms with E-state index < -0.39 is 16.1 Å². The van der Waals surface area contributed by atoms with E-state index in [2.05, 4.69) is 10.6 Å². The van der Waals surface area contributed by atoms with E-state index in [9.17, 15) is 8.42 Å². The fraction of sp³-hybridized carbons (Fsp3) is 0.125. The molecule has 0 aromatic heterocycles. The zero-order valence-electron chi connectivity index (χ0n) is 11.5. The normalized spacial score (nSPS) is 12.2. The molecule has 2 aromatic carbocycles. The first-order valence-corrected chi connectivity index (χ1v) is 7.81. The Morgan fingerprint density at radius 2 is 1.71 bits per heavy atom. The zero-order valence-corrected chi connectivity index (χ0v) is 12.3. The third kappa shape index (κ3) is 3.77. The molecule has 0 radical (unpaired) electrons. The Balaban J connectivity index is 2.30. The van der Waals surface area contributed by atoms with E-state index in [-0.39, 0.29) is 4.90 Å². The van der Waals surface area contributed by atoms with Crippen molar-refractivity contribution in [1.82, 2.24) is 0 Å². The van der Waals surface area contributed by atoms with Crippen LogP contribution in [0.25, 0.3) is 0 Å². The summed E-state index contributed by atoms with van der Waals surface area (Å²) >= 11 is 0. The summed E-state index contributed by atoms with van der Waals surface area (Å²) in [5.41, 5.74) is 0.350. The van der Waals surface area contributed by atoms with Crippen molar-refractivity contribution in [1.29, 1.82) is 0 Å². The van der Waals surface area contributed by atoms with Crippen LogP contribution in [0.4, 0.5) is 5.69 Å². The highest BCUT2D eigenvalue weighted by molar-refractivity contribution is 7.92. The van der Waals surface area contributed by atoms with Gasteiger partial charge in [0.05, 0.1) is 10.6 Å². The maximum atomic E-state index is 12.3. The number of sulfonamides is 1. The number of nitrogens with one attached hydrogen (secondary N) is 1. The van der Waals surface area contributed by atoms with Gasteiger partial charge in [0, 0.05) is 0 Å². The van der Waals surface area contributed by atoms with Crippen LogP contribution in [0.5, 0.6) is 5.75 Å². The van der Waals surface area contributed by atoms with Gasteiger partial charge in [-0.3, -0.25) is 4.72 Å². The molecule has 21 heavy (non-hydrogen) atoms. The van der Waals surface area contributed by atoms with E-state index in [1.165, 1.54) is 12.1 Å². The SMILES string of the molecule is C#CC(C)Oc1ccccc1NS(=O)(=O)c1ccccc1. The lowest BCUT2D eigenvalue weighted by Gasteiger charge is -2.15. The van der Waals surface area contributed by atoms with Crippen molar-refractivity contribution >= 4 is 15.7 Å². The molecule has 0 bridgehead atoms. The maximum absolute atomic E-state index is 12.3. The molecule has 0 amide bonds. The first kappa shape index (κ1) is 14.9. The molecule has 108 valence electrons. The van der Waals surface area contributed by atoms with Crippen molar-refractivity contribution in [2.75, 3.05) is 4.72 Å². The Labute approximate surface area is 124 Å². The number of anilines is 1. The number of terminal acetylenes is 1. The van der Waals surface area contributed by atoms with Crippen molar-refractivity contribution < 1.29 is 13.2 Å². The Morgan fingerprint density at radius 1 is 1.10 bits per heavy atom. The molecular weight excluding hydrogens is 286 g/mol. The molecule has 0 heterocycles. The van der Waals surface area contributed by atoms with Gasteiger partial charge in [-0.05, 0) is 31.2 Å². The third-order valence-corrected chi connectivity index (χ3v) is 4.10. The molecule has 1 unspecified atom stereocenters. The second-order valence-corrected chi connectivity index (χ2v) is 6.02. The van der Waals surface area contributed by atoms with Crippen molar-refractivity contribution in [2.24, 2.45) is 0 Å². The van der Waals surface area contributed by atoms with Gasteiger partial charge in [0.25, 0.3) is 10.0 Å². The smallest absolute Gasteiger partial charge is 0.262 e. The molecule has 0 spiro atoms. The molecule has 1 atom stereocenters. The topological polar surface area (TPSA) is 55.4 Å². The molecule has 0 fully saturated rings. The Morgan fingerprint density at radius 3 is 2.38 bits per heavy atom. The minimum Gasteiger partial charge on any atom is -0.476 e. The predicted molar refractivity (Wildman–Crippen MR) is 82.6 cm³/mol. The number of benzene rings is 2. The van der Waals surface area contributed by atoms with E-state index in [0.717, 1.165) is 0 Å². The molecule has 1 N–H and O–H groups in total. The summed E-state index contributed by atoms with van der Waals surface area (Å²) in [7, 11) is -3.66. The fourth-order valence-corrected chi connectivity index (χ4v) is 2.77. The maximum Gasteiger partial charge on any atom is 0.262 e. The Hall–Kier alpha value is -2.45. The van der Waals surface area contributed by atoms with Crippen LogP contribution in [-0.4, -0.2) is 14.5 Å². The lowest BCUT2D eigenvalue weighted by molar-refractivity contribution is 0.280. The first-order valence-electron chi connectivity index (χ1n) is 6.32. The van der Waals surface area contributed by atoms with Crippen molar-refractivity contribution in [2.45, 2.75) is 17.9 Å². The Bertz CT molecular complexity index is 749. The molecule has 0 aliphatic carbocycles. The van der Waals surface area contributed by atoms with E-state index >= 15 is 0 Å². The first-order chi connectivity index (χ1) is 10.0. The monoisotopic (exact) mass is 301 g/mol. The molecule has 2 aromatic rings. The summed E-state index contributed by atoms with van der Waals surface area (Å²) in [6.45, 7) is 1.71. The molecule has 0 saturated heterocycles. The summed E-state index contributed by atoms with van der Waals surface area (Å²) in [5, 5.41) is 0. The number of rotatable bonds is 5. The largest absolute Gasteiger partial charge is 0.476 e. The average Bonchev–Trinajstić information content (AvgIpc) is 2.50. The second-order valence-electron chi connectivity index (χ2n) is 4.34. The van der Waals surface area contributed by atoms with Crippen molar-refractivity contribution in [3.63, 3.8) is 0 Å². The van der Waals surface area contributed by atoms with Crippen LogP contribution in [0.15, 0.2) is 59.5 Å². The van der Waals surface area contributed by atoms with Crippen LogP contribution >= 0.6 is 0 Å². The summed E-state index contributed by atoms with van der Waals surface area (Å²) in [4.78, 5) is 0.185. The minimum absolute atomic E-state index is 0.185. The zero-order chi connectivity index (χ0) is 15.3. The van der Waals surface area contributed by atoms with E-state index in [1.807, 2.05) is 0 Å². The fourth-order valence-electron chi connectivity index (χ4n) is 1.68. The standard InChI is InChI=1S/C16H15NO3S/c1-3-13(2)20-16-12-8-7-11-15(16)17-21(18,19)14-9-5-4-6-10-14/h1,4-13,17H,2H3. The minimum atomic E-state index is -3.66. The predicted octanol–water partition coefficient (Wildman–Crippen LogP) is 2.89. The summed E-state index contributed by atoms with van der Waals surface area (Å²) in [6.07, 6.45) is 4.82. The van der Waals surface area contributed by atoms with Gasteiger partial charge in [-0.2, -0.15) is 0 Å². The van der Waals surface area contributed by atoms with Crippen LogP contribution in [-0.2, 0) is 10.0 Å². The van der Waals surface area contributed by atoms with Crippen molar-refractivity contribution in [3.8, 4) is 18.1 Å². The van der Waals surface area contributed by atoms with E-state index in [4.69, 9.17) is 11.2 Å². The highest BCUT2D eigenvalue weighted by Gasteiger charge is 2.16. The van der Waals surface area contributed by atoms with E-state index in [1.54, 1.807) is 49.4 Å². The average molecular weight is 301 g/mol. The lowest BCUT2D eigenvalue weighted by atomic mass is 10.3. The van der Waals surface area contributed by atoms with Crippen LogP contribution in [0, 0.1) is 12.3 Å². The molecule has 0 saturated carbocycles. The number of para-hydroxylation sites is 2. The molecule has 5 heteroatoms. The summed E-state index contributed by atoms with van der Waals surface area (Å²) < 4.78 is 32.6. The Kier molecular flexibility index (Phi) is 4.51. The van der Waals surface area contributed by atoms with Crippen LogP contribution < -0.4 is 9.46 Å². The van der Waals surface area contributed by atoms with Gasteiger partial charge in [-0.15, -0.1) is 6.42 Å². The van der Waals surface area contributed by atoms with Gasteiger partial charge < -0.3 is 4.74 Å². The lowest BCUT2D eigenvalue weighted by Crippen LogP contribution is -2.15. The highest BCUT2D eigenvalue weighted by Crippen LogP contribution is 2.27. The molecule has 2 rings (SSSR count). The van der Waals surface area contributed by atoms with Gasteiger partial charge in [-0.1, -0.05) is 36.3 Å². The molecular formula is C16H15NO3S. The van der Waals surface area contributed by atoms with Gasteiger partial charge in [0.15, 0.2) is 6.10 Å². The highest BCUT2D eigenvalue weighted by atomic mass is 32.2. The van der Waals surface area contributed by atoms with Crippen LogP contribution in [0.3, 0.4) is 0 Å². The molecule has 0 aliphatic rings. The second kappa shape index (κ2) is 6.33. The number of ether oxygens (including phenoxy) is 1. The van der Waals surface area contributed by atoms with Gasteiger partial charge in [0.1, 0.15) is 5.75 Å². The summed E-state index contributed by atoms with van der Waals surface area (Å²) in [6, 6.07) is 14.9. The quantitative estimate of drug-likeness (QED) is 0.864. The van der Waals surface area contributed by atoms with Crippen LogP contribution in [0.2, 0.25) is 0 Å². The van der Waals surface area contributed by atoms with Crippen LogP contribution in [0.1, 0.15) is 6.92 Å². The van der Waals surface area contributed by atoms with Gasteiger partial charge in [-0.25, -0.2) is 8.42 Å².